The van der Waals surface area contributed by atoms with Crippen molar-refractivity contribution in [1.82, 2.24) is 9.80 Å². The van der Waals surface area contributed by atoms with Crippen molar-refractivity contribution in [3.63, 3.8) is 0 Å². The Morgan fingerprint density at radius 2 is 1.94 bits per heavy atom. The highest BCUT2D eigenvalue weighted by atomic mass is 16.2. The van der Waals surface area contributed by atoms with E-state index < -0.39 is 0 Å². The van der Waals surface area contributed by atoms with Crippen LogP contribution >= 0.6 is 0 Å². The molecule has 4 heteroatoms. The standard InChI is InChI=1S/C13H20N2O2/c1-13(2)5-4-6-15-7-8-9(10(13)15)12(17)14(3)11(8)16/h8-10H,4-7H2,1-3H3/t8-,9-,10?/m0/s1. The average molecular weight is 236 g/mol. The number of piperidine rings is 1. The van der Waals surface area contributed by atoms with Crippen LogP contribution in [0, 0.1) is 17.3 Å². The highest BCUT2D eigenvalue weighted by Gasteiger charge is 2.60. The fourth-order valence-electron chi connectivity index (χ4n) is 4.14. The number of hydrogen-bond donors (Lipinski definition) is 0. The van der Waals surface area contributed by atoms with Gasteiger partial charge >= 0.3 is 0 Å². The number of carbonyl (C=O) groups excluding carboxylic acids is 2. The van der Waals surface area contributed by atoms with Crippen molar-refractivity contribution in [3.05, 3.63) is 0 Å². The number of nitrogens with zero attached hydrogens (tertiary/aromatic N) is 2. The van der Waals surface area contributed by atoms with E-state index in [1.165, 1.54) is 11.3 Å². The van der Waals surface area contributed by atoms with Gasteiger partial charge in [-0.3, -0.25) is 19.4 Å². The van der Waals surface area contributed by atoms with Crippen LogP contribution in [-0.4, -0.2) is 47.8 Å². The van der Waals surface area contributed by atoms with Gasteiger partial charge in [-0.05, 0) is 24.8 Å². The Labute approximate surface area is 102 Å². The maximum absolute atomic E-state index is 12.2. The van der Waals surface area contributed by atoms with Crippen LogP contribution in [0.25, 0.3) is 0 Å². The van der Waals surface area contributed by atoms with Crippen LogP contribution < -0.4 is 0 Å². The predicted octanol–water partition coefficient (Wildman–Crippen LogP) is 0.722. The number of carbonyl (C=O) groups is 2. The Morgan fingerprint density at radius 3 is 2.65 bits per heavy atom. The summed E-state index contributed by atoms with van der Waals surface area (Å²) in [6, 6.07) is 0.266. The minimum absolute atomic E-state index is 0.0326. The third-order valence-corrected chi connectivity index (χ3v) is 4.93. The van der Waals surface area contributed by atoms with Crippen molar-refractivity contribution in [2.24, 2.45) is 17.3 Å². The summed E-state index contributed by atoms with van der Waals surface area (Å²) in [5.74, 6) is -0.0784. The number of fused-ring (bicyclic) bond motifs is 3. The largest absolute Gasteiger partial charge is 0.298 e. The second-order valence-corrected chi connectivity index (χ2v) is 6.40. The highest BCUT2D eigenvalue weighted by Crippen LogP contribution is 2.48. The molecule has 0 spiro atoms. The fourth-order valence-corrected chi connectivity index (χ4v) is 4.14. The zero-order valence-electron chi connectivity index (χ0n) is 10.8. The van der Waals surface area contributed by atoms with Gasteiger partial charge in [0.1, 0.15) is 0 Å². The van der Waals surface area contributed by atoms with E-state index in [1.54, 1.807) is 7.05 Å². The molecular formula is C13H20N2O2. The van der Waals surface area contributed by atoms with Crippen LogP contribution in [0.5, 0.6) is 0 Å². The molecule has 0 saturated carbocycles. The van der Waals surface area contributed by atoms with Crippen molar-refractivity contribution in [1.29, 1.82) is 0 Å². The molecule has 4 nitrogen and oxygen atoms in total. The Hall–Kier alpha value is -0.900. The Morgan fingerprint density at radius 1 is 1.24 bits per heavy atom. The molecule has 3 rings (SSSR count). The van der Waals surface area contributed by atoms with E-state index in [9.17, 15) is 9.59 Å². The molecule has 0 radical (unpaired) electrons. The number of amides is 2. The van der Waals surface area contributed by atoms with Gasteiger partial charge < -0.3 is 0 Å². The first-order valence-electron chi connectivity index (χ1n) is 6.49. The molecule has 0 aromatic carbocycles. The average Bonchev–Trinajstić information content (AvgIpc) is 2.73. The predicted molar refractivity (Wildman–Crippen MR) is 63.1 cm³/mol. The topological polar surface area (TPSA) is 40.6 Å². The second-order valence-electron chi connectivity index (χ2n) is 6.40. The lowest BCUT2D eigenvalue weighted by atomic mass is 9.71. The minimum Gasteiger partial charge on any atom is -0.298 e. The van der Waals surface area contributed by atoms with Crippen molar-refractivity contribution in [2.45, 2.75) is 32.7 Å². The van der Waals surface area contributed by atoms with Crippen LogP contribution in [0.1, 0.15) is 26.7 Å². The molecule has 2 amide bonds. The number of rotatable bonds is 0. The normalized spacial score (nSPS) is 40.6. The highest BCUT2D eigenvalue weighted by molar-refractivity contribution is 6.05. The maximum atomic E-state index is 12.2. The molecule has 3 aliphatic rings. The third-order valence-electron chi connectivity index (χ3n) is 4.93. The van der Waals surface area contributed by atoms with Gasteiger partial charge in [0.15, 0.2) is 0 Å². The van der Waals surface area contributed by atoms with E-state index in [0.29, 0.717) is 0 Å². The van der Waals surface area contributed by atoms with Gasteiger partial charge in [0.05, 0.1) is 11.8 Å². The summed E-state index contributed by atoms with van der Waals surface area (Å²) in [4.78, 5) is 28.0. The van der Waals surface area contributed by atoms with E-state index in [0.717, 1.165) is 19.5 Å². The summed E-state index contributed by atoms with van der Waals surface area (Å²) in [5, 5.41) is 0. The van der Waals surface area contributed by atoms with E-state index >= 15 is 0 Å². The zero-order chi connectivity index (χ0) is 12.4. The molecular weight excluding hydrogens is 216 g/mol. The fraction of sp³-hybridized carbons (Fsp3) is 0.846. The molecule has 3 saturated heterocycles. The van der Waals surface area contributed by atoms with Crippen molar-refractivity contribution < 1.29 is 9.59 Å². The lowest BCUT2D eigenvalue weighted by Crippen LogP contribution is -2.51. The number of imide groups is 1. The van der Waals surface area contributed by atoms with Crippen LogP contribution in [-0.2, 0) is 9.59 Å². The van der Waals surface area contributed by atoms with Crippen LogP contribution in [0.15, 0.2) is 0 Å². The molecule has 0 N–H and O–H groups in total. The molecule has 1 unspecified atom stereocenters. The first-order valence-corrected chi connectivity index (χ1v) is 6.49. The Balaban J connectivity index is 1.99. The van der Waals surface area contributed by atoms with Gasteiger partial charge in [-0.15, -0.1) is 0 Å². The van der Waals surface area contributed by atoms with E-state index in [4.69, 9.17) is 0 Å². The molecule has 0 aromatic heterocycles. The van der Waals surface area contributed by atoms with Crippen LogP contribution in [0.2, 0.25) is 0 Å². The molecule has 0 aromatic rings. The molecule has 94 valence electrons. The molecule has 0 bridgehead atoms. The number of likely N-dealkylation sites (tertiary alicyclic amines) is 1. The maximum Gasteiger partial charge on any atom is 0.234 e. The molecule has 3 heterocycles. The zero-order valence-corrected chi connectivity index (χ0v) is 10.8. The first kappa shape index (κ1) is 11.2. The molecule has 3 atom stereocenters. The van der Waals surface area contributed by atoms with Crippen molar-refractivity contribution in [3.8, 4) is 0 Å². The second kappa shape index (κ2) is 3.31. The quantitative estimate of drug-likeness (QED) is 0.582. The summed E-state index contributed by atoms with van der Waals surface area (Å²) in [6.07, 6.45) is 2.34. The van der Waals surface area contributed by atoms with Crippen molar-refractivity contribution in [2.75, 3.05) is 20.1 Å². The van der Waals surface area contributed by atoms with E-state index in [-0.39, 0.29) is 35.1 Å². The molecule has 3 aliphatic heterocycles. The monoisotopic (exact) mass is 236 g/mol. The van der Waals surface area contributed by atoms with Gasteiger partial charge in [0, 0.05) is 19.6 Å². The summed E-state index contributed by atoms with van der Waals surface area (Å²) in [5.41, 5.74) is 0.152. The first-order chi connectivity index (χ1) is 7.93. The van der Waals surface area contributed by atoms with Crippen molar-refractivity contribution >= 4 is 11.8 Å². The summed E-state index contributed by atoms with van der Waals surface area (Å²) < 4.78 is 0. The van der Waals surface area contributed by atoms with Gasteiger partial charge in [-0.25, -0.2) is 0 Å². The van der Waals surface area contributed by atoms with Gasteiger partial charge in [-0.2, -0.15) is 0 Å². The van der Waals surface area contributed by atoms with Crippen LogP contribution in [0.3, 0.4) is 0 Å². The molecule has 3 fully saturated rings. The SMILES string of the molecule is CN1C(=O)[C@H]2CN3CCCC(C)(C)C3[C@H]2C1=O. The summed E-state index contributed by atoms with van der Waals surface area (Å²) >= 11 is 0. The molecule has 17 heavy (non-hydrogen) atoms. The van der Waals surface area contributed by atoms with Gasteiger partial charge in [-0.1, -0.05) is 13.8 Å². The van der Waals surface area contributed by atoms with Gasteiger partial charge in [0.25, 0.3) is 0 Å². The van der Waals surface area contributed by atoms with Gasteiger partial charge in [0.2, 0.25) is 11.8 Å². The third kappa shape index (κ3) is 1.33. The van der Waals surface area contributed by atoms with E-state index in [2.05, 4.69) is 18.7 Å². The lowest BCUT2D eigenvalue weighted by Gasteiger charge is -2.44. The van der Waals surface area contributed by atoms with Crippen LogP contribution in [0.4, 0.5) is 0 Å². The summed E-state index contributed by atoms with van der Waals surface area (Å²) in [7, 11) is 1.63. The summed E-state index contributed by atoms with van der Waals surface area (Å²) in [6.45, 7) is 6.31. The Bertz CT molecular complexity index is 391. The number of hydrogen-bond acceptors (Lipinski definition) is 3. The Kier molecular flexibility index (Phi) is 2.18. The lowest BCUT2D eigenvalue weighted by molar-refractivity contribution is -0.140. The van der Waals surface area contributed by atoms with E-state index in [1.807, 2.05) is 0 Å². The smallest absolute Gasteiger partial charge is 0.234 e. The minimum atomic E-state index is -0.0807. The molecule has 0 aliphatic carbocycles.